The Hall–Kier alpha value is -6.55. The van der Waals surface area contributed by atoms with Gasteiger partial charge in [0.05, 0.1) is 34.8 Å². The number of phenols is 1. The van der Waals surface area contributed by atoms with E-state index in [1.807, 2.05) is 63.2 Å². The number of ether oxygens (including phenoxy) is 2. The molecule has 2 aliphatic heterocycles. The number of benzene rings is 4. The third kappa shape index (κ3) is 10.1. The molecule has 2 fully saturated rings. The van der Waals surface area contributed by atoms with Crippen molar-refractivity contribution < 1.29 is 37.3 Å². The molecule has 8 rings (SSSR count). The van der Waals surface area contributed by atoms with Crippen LogP contribution in [-0.2, 0) is 15.7 Å². The molecule has 318 valence electrons. The number of carbonyl (C=O) groups excluding carboxylic acids is 2. The molecule has 0 unspecified atom stereocenters. The maximum atomic E-state index is 13.3. The number of likely N-dealkylation sites (tertiary alicyclic amines) is 1. The lowest BCUT2D eigenvalue weighted by molar-refractivity contribution is -0.137. The molecule has 61 heavy (non-hydrogen) atoms. The Morgan fingerprint density at radius 1 is 0.803 bits per heavy atom. The largest absolute Gasteiger partial charge is 0.507 e. The van der Waals surface area contributed by atoms with Gasteiger partial charge in [-0.1, -0.05) is 30.3 Å². The molecular weight excluding hydrogens is 790 g/mol. The van der Waals surface area contributed by atoms with E-state index in [1.165, 1.54) is 25.3 Å². The minimum Gasteiger partial charge on any atom is -0.507 e. The van der Waals surface area contributed by atoms with Crippen LogP contribution >= 0.6 is 0 Å². The van der Waals surface area contributed by atoms with E-state index in [0.29, 0.717) is 64.7 Å². The predicted molar refractivity (Wildman–Crippen MR) is 227 cm³/mol. The summed E-state index contributed by atoms with van der Waals surface area (Å²) in [4.78, 5) is 44.3. The molecule has 13 nitrogen and oxygen atoms in total. The molecule has 6 aromatic rings. The maximum Gasteiger partial charge on any atom is 0.416 e. The molecular formula is C45H47F3N8O5. The number of anilines is 2. The molecule has 4 heterocycles. The van der Waals surface area contributed by atoms with Crippen molar-refractivity contribution in [1.29, 1.82) is 0 Å². The zero-order valence-electron chi connectivity index (χ0n) is 34.4. The number of aryl methyl sites for hydroxylation is 1. The topological polar surface area (TPSA) is 164 Å². The SMILES string of the molecule is COC(=O)c1ccc(O)c(-c2nc(N[C@H]3CCNC3)c3ccccc3n2)c1.Cc1ccc(C(F)(F)F)cc1-c1nc(N[C@H]2CCN(C(=O)OC(C)(C)C)C2)c2ccccc2n1. The molecule has 0 spiro atoms. The minimum absolute atomic E-state index is 0.00594. The fourth-order valence-electron chi connectivity index (χ4n) is 7.15. The Bertz CT molecular complexity index is 2580. The first kappa shape index (κ1) is 42.6. The molecule has 4 N–H and O–H groups in total. The van der Waals surface area contributed by atoms with Crippen LogP contribution < -0.4 is 16.0 Å². The van der Waals surface area contributed by atoms with E-state index in [0.717, 1.165) is 47.9 Å². The summed E-state index contributed by atoms with van der Waals surface area (Å²) < 4.78 is 50.2. The smallest absolute Gasteiger partial charge is 0.416 e. The molecule has 4 aromatic carbocycles. The second kappa shape index (κ2) is 17.6. The Balaban J connectivity index is 0.000000189. The van der Waals surface area contributed by atoms with E-state index in [9.17, 15) is 27.9 Å². The number of halogens is 3. The lowest BCUT2D eigenvalue weighted by Gasteiger charge is -2.24. The molecule has 0 saturated carbocycles. The van der Waals surface area contributed by atoms with E-state index in [2.05, 4.69) is 35.9 Å². The van der Waals surface area contributed by atoms with Crippen LogP contribution in [0.25, 0.3) is 44.6 Å². The Morgan fingerprint density at radius 3 is 2.02 bits per heavy atom. The monoisotopic (exact) mass is 836 g/mol. The first-order valence-electron chi connectivity index (χ1n) is 19.9. The molecule has 16 heteroatoms. The van der Waals surface area contributed by atoms with E-state index in [1.54, 1.807) is 24.0 Å². The van der Waals surface area contributed by atoms with Crippen LogP contribution in [0, 0.1) is 6.92 Å². The highest BCUT2D eigenvalue weighted by Crippen LogP contribution is 2.35. The molecule has 0 radical (unpaired) electrons. The fraction of sp³-hybridized carbons (Fsp3) is 0.333. The average molecular weight is 837 g/mol. The lowest BCUT2D eigenvalue weighted by Crippen LogP contribution is -2.36. The minimum atomic E-state index is -4.46. The van der Waals surface area contributed by atoms with Gasteiger partial charge in [0, 0.05) is 48.1 Å². The number of aromatic hydroxyl groups is 1. The molecule has 0 bridgehead atoms. The summed E-state index contributed by atoms with van der Waals surface area (Å²) in [6.45, 7) is 10.0. The van der Waals surface area contributed by atoms with Crippen LogP contribution in [0.5, 0.6) is 5.75 Å². The lowest BCUT2D eigenvalue weighted by atomic mass is 10.0. The Labute approximate surface area is 350 Å². The van der Waals surface area contributed by atoms with Crippen LogP contribution in [0.4, 0.5) is 29.6 Å². The van der Waals surface area contributed by atoms with Gasteiger partial charge in [0.25, 0.3) is 0 Å². The van der Waals surface area contributed by atoms with Crippen molar-refractivity contribution in [2.24, 2.45) is 0 Å². The molecule has 0 aliphatic carbocycles. The maximum absolute atomic E-state index is 13.3. The number of alkyl halides is 3. The number of amides is 1. The number of hydrogen-bond acceptors (Lipinski definition) is 12. The van der Waals surface area contributed by atoms with Gasteiger partial charge in [0.15, 0.2) is 11.6 Å². The highest BCUT2D eigenvalue weighted by molar-refractivity contribution is 5.94. The van der Waals surface area contributed by atoms with Gasteiger partial charge < -0.3 is 35.4 Å². The molecule has 2 aliphatic rings. The van der Waals surface area contributed by atoms with E-state index in [4.69, 9.17) is 9.47 Å². The van der Waals surface area contributed by atoms with Crippen molar-refractivity contribution in [3.63, 3.8) is 0 Å². The number of para-hydroxylation sites is 2. The van der Waals surface area contributed by atoms with Crippen molar-refractivity contribution in [3.8, 4) is 28.5 Å². The van der Waals surface area contributed by atoms with Crippen molar-refractivity contribution in [1.82, 2.24) is 30.2 Å². The van der Waals surface area contributed by atoms with Crippen LogP contribution in [0.15, 0.2) is 84.9 Å². The van der Waals surface area contributed by atoms with Crippen LogP contribution in [0.1, 0.15) is 55.1 Å². The number of esters is 1. The summed E-state index contributed by atoms with van der Waals surface area (Å²) in [7, 11) is 1.32. The zero-order chi connectivity index (χ0) is 43.5. The van der Waals surface area contributed by atoms with Gasteiger partial charge in [-0.2, -0.15) is 13.2 Å². The normalized spacial score (nSPS) is 16.6. The second-order valence-corrected chi connectivity index (χ2v) is 16.0. The van der Waals surface area contributed by atoms with Crippen molar-refractivity contribution >= 4 is 45.5 Å². The molecule has 1 amide bonds. The highest BCUT2D eigenvalue weighted by atomic mass is 19.4. The number of fused-ring (bicyclic) bond motifs is 2. The number of aromatic nitrogens is 4. The summed E-state index contributed by atoms with van der Waals surface area (Å²) in [5.74, 6) is 1.33. The number of nitrogens with one attached hydrogen (secondary N) is 3. The Morgan fingerprint density at radius 2 is 1.43 bits per heavy atom. The van der Waals surface area contributed by atoms with Gasteiger partial charge in [-0.05, 0) is 107 Å². The van der Waals surface area contributed by atoms with Crippen LogP contribution in [0.3, 0.4) is 0 Å². The fourth-order valence-corrected chi connectivity index (χ4v) is 7.15. The highest BCUT2D eigenvalue weighted by Gasteiger charge is 2.32. The summed E-state index contributed by atoms with van der Waals surface area (Å²) in [5, 5.41) is 22.2. The van der Waals surface area contributed by atoms with Crippen molar-refractivity contribution in [2.45, 2.75) is 64.4 Å². The standard InChI is InChI=1S/C25H27F3N4O2.C20H20N4O3/c1-15-9-10-16(25(26,27)28)13-19(15)22-30-20-8-6-5-7-18(20)21(31-22)29-17-11-12-32(14-17)23(33)34-24(2,3)4;1-27-20(26)12-6-7-17(25)15(10-12)19-23-16-5-3-2-4-14(16)18(24-19)22-13-8-9-21-11-13/h5-10,13,17H,11-12,14H2,1-4H3,(H,29,30,31);2-7,10,13,21,25H,8-9,11H2,1H3,(H,22,23,24)/t17-;13-/m00/s1. The summed E-state index contributed by atoms with van der Waals surface area (Å²) in [6, 6.07) is 23.3. The number of phenolic OH excluding ortho intramolecular Hbond substituents is 1. The second-order valence-electron chi connectivity index (χ2n) is 16.0. The third-order valence-corrected chi connectivity index (χ3v) is 10.3. The van der Waals surface area contributed by atoms with Gasteiger partial charge in [-0.3, -0.25) is 0 Å². The van der Waals surface area contributed by atoms with E-state index >= 15 is 0 Å². The predicted octanol–water partition coefficient (Wildman–Crippen LogP) is 8.61. The summed E-state index contributed by atoms with van der Waals surface area (Å²) in [5.41, 5.74) is 1.74. The van der Waals surface area contributed by atoms with Gasteiger partial charge in [-0.25, -0.2) is 29.5 Å². The number of rotatable bonds is 7. The quantitative estimate of drug-likeness (QED) is 0.113. The average Bonchev–Trinajstić information content (AvgIpc) is 3.93. The van der Waals surface area contributed by atoms with Crippen LogP contribution in [-0.4, -0.2) is 93.0 Å². The van der Waals surface area contributed by atoms with Gasteiger partial charge in [0.2, 0.25) is 0 Å². The zero-order valence-corrected chi connectivity index (χ0v) is 34.4. The third-order valence-electron chi connectivity index (χ3n) is 10.3. The molecule has 2 atom stereocenters. The Kier molecular flexibility index (Phi) is 12.3. The van der Waals surface area contributed by atoms with Gasteiger partial charge >= 0.3 is 18.2 Å². The number of methoxy groups -OCH3 is 1. The molecule has 2 saturated heterocycles. The molecule has 2 aromatic heterocycles. The van der Waals surface area contributed by atoms with E-state index < -0.39 is 23.3 Å². The number of hydrogen-bond donors (Lipinski definition) is 4. The summed E-state index contributed by atoms with van der Waals surface area (Å²) in [6.07, 6.45) is -3.13. The number of carbonyl (C=O) groups is 2. The van der Waals surface area contributed by atoms with Crippen LogP contribution in [0.2, 0.25) is 0 Å². The van der Waals surface area contributed by atoms with Gasteiger partial charge in [0.1, 0.15) is 23.0 Å². The first-order valence-corrected chi connectivity index (χ1v) is 19.9. The first-order chi connectivity index (χ1) is 29.1. The van der Waals surface area contributed by atoms with E-state index in [-0.39, 0.29) is 29.8 Å². The van der Waals surface area contributed by atoms with Crippen molar-refractivity contribution in [2.75, 3.05) is 43.9 Å². The number of nitrogens with zero attached hydrogens (tertiary/aromatic N) is 5. The summed E-state index contributed by atoms with van der Waals surface area (Å²) >= 11 is 0. The van der Waals surface area contributed by atoms with Gasteiger partial charge in [-0.15, -0.1) is 0 Å². The van der Waals surface area contributed by atoms with Crippen molar-refractivity contribution in [3.05, 3.63) is 102 Å².